The Morgan fingerprint density at radius 2 is 1.83 bits per heavy atom. The highest BCUT2D eigenvalue weighted by Crippen LogP contribution is 2.35. The van der Waals surface area contributed by atoms with Crippen molar-refractivity contribution in [1.29, 1.82) is 0 Å². The van der Waals surface area contributed by atoms with Crippen LogP contribution in [0.15, 0.2) is 36.7 Å². The molecule has 1 aromatic carbocycles. The van der Waals surface area contributed by atoms with Crippen molar-refractivity contribution in [2.75, 3.05) is 31.9 Å². The zero-order valence-corrected chi connectivity index (χ0v) is 16.8. The second kappa shape index (κ2) is 8.30. The fraction of sp³-hybridized carbons (Fsp3) is 0.333. The first-order valence-electron chi connectivity index (χ1n) is 9.56. The lowest BCUT2D eigenvalue weighted by Crippen LogP contribution is -2.05. The topological polar surface area (TPSA) is 94.1 Å². The summed E-state index contributed by atoms with van der Waals surface area (Å²) in [7, 11) is 5.04. The molecule has 2 aromatic heterocycles. The van der Waals surface area contributed by atoms with E-state index in [1.54, 1.807) is 20.4 Å². The smallest absolute Gasteiger partial charge is 0.227 e. The average Bonchev–Trinajstić information content (AvgIpc) is 3.57. The van der Waals surface area contributed by atoms with E-state index in [0.717, 1.165) is 29.1 Å². The number of hydrogen-bond acceptors (Lipinski definition) is 8. The quantitative estimate of drug-likeness (QED) is 0.599. The molecule has 8 heteroatoms. The van der Waals surface area contributed by atoms with Gasteiger partial charge in [0.15, 0.2) is 11.5 Å². The number of aromatic nitrogens is 4. The number of ether oxygens (including phenoxy) is 2. The molecule has 0 bridgehead atoms. The van der Waals surface area contributed by atoms with E-state index in [1.165, 1.54) is 12.8 Å². The predicted octanol–water partition coefficient (Wildman–Crippen LogP) is 3.69. The van der Waals surface area contributed by atoms with Crippen molar-refractivity contribution in [1.82, 2.24) is 19.9 Å². The van der Waals surface area contributed by atoms with Gasteiger partial charge in [0.05, 0.1) is 25.6 Å². The van der Waals surface area contributed by atoms with Gasteiger partial charge in [-0.15, -0.1) is 0 Å². The van der Waals surface area contributed by atoms with Crippen molar-refractivity contribution in [2.24, 2.45) is 5.92 Å². The third-order valence-electron chi connectivity index (χ3n) is 4.84. The lowest BCUT2D eigenvalue weighted by atomic mass is 10.1. The number of methoxy groups -OCH3 is 2. The van der Waals surface area contributed by atoms with Gasteiger partial charge in [0, 0.05) is 36.8 Å². The van der Waals surface area contributed by atoms with Crippen molar-refractivity contribution in [2.45, 2.75) is 19.3 Å². The van der Waals surface area contributed by atoms with Gasteiger partial charge in [-0.1, -0.05) is 0 Å². The molecule has 29 heavy (non-hydrogen) atoms. The zero-order valence-electron chi connectivity index (χ0n) is 16.8. The van der Waals surface area contributed by atoms with Gasteiger partial charge in [-0.3, -0.25) is 0 Å². The highest BCUT2D eigenvalue weighted by molar-refractivity contribution is 5.65. The van der Waals surface area contributed by atoms with E-state index >= 15 is 0 Å². The summed E-state index contributed by atoms with van der Waals surface area (Å²) in [5.74, 6) is 3.13. The SMILES string of the molecule is CNc1ncc(-c2ccnc(Nc3ccc(OC)c(OC)c3)n2)c(CC2CC2)n1. The molecule has 0 saturated heterocycles. The molecule has 2 N–H and O–H groups in total. The normalized spacial score (nSPS) is 13.1. The first-order valence-corrected chi connectivity index (χ1v) is 9.56. The third kappa shape index (κ3) is 4.37. The van der Waals surface area contributed by atoms with Crippen molar-refractivity contribution < 1.29 is 9.47 Å². The van der Waals surface area contributed by atoms with Crippen LogP contribution < -0.4 is 20.1 Å². The molecular formula is C21H24N6O2. The average molecular weight is 392 g/mol. The van der Waals surface area contributed by atoms with E-state index in [-0.39, 0.29) is 0 Å². The molecule has 0 atom stereocenters. The molecule has 2 heterocycles. The van der Waals surface area contributed by atoms with Gasteiger partial charge < -0.3 is 20.1 Å². The van der Waals surface area contributed by atoms with Crippen molar-refractivity contribution in [3.8, 4) is 22.8 Å². The van der Waals surface area contributed by atoms with Crippen LogP contribution in [0, 0.1) is 5.92 Å². The minimum Gasteiger partial charge on any atom is -0.493 e. The molecule has 1 fully saturated rings. The largest absolute Gasteiger partial charge is 0.493 e. The number of benzene rings is 1. The van der Waals surface area contributed by atoms with Gasteiger partial charge in [0.1, 0.15) is 0 Å². The van der Waals surface area contributed by atoms with Gasteiger partial charge in [0.25, 0.3) is 0 Å². The Bertz CT molecular complexity index is 1010. The zero-order chi connectivity index (χ0) is 20.2. The summed E-state index contributed by atoms with van der Waals surface area (Å²) < 4.78 is 10.6. The van der Waals surface area contributed by atoms with Crippen molar-refractivity contribution in [3.63, 3.8) is 0 Å². The molecule has 0 aliphatic heterocycles. The summed E-state index contributed by atoms with van der Waals surface area (Å²) >= 11 is 0. The second-order valence-corrected chi connectivity index (χ2v) is 6.91. The van der Waals surface area contributed by atoms with Crippen LogP contribution in [0.25, 0.3) is 11.3 Å². The Morgan fingerprint density at radius 1 is 1.00 bits per heavy atom. The molecule has 150 valence electrons. The van der Waals surface area contributed by atoms with Gasteiger partial charge >= 0.3 is 0 Å². The minimum atomic E-state index is 0.491. The molecular weight excluding hydrogens is 368 g/mol. The summed E-state index contributed by atoms with van der Waals surface area (Å²) in [4.78, 5) is 18.1. The van der Waals surface area contributed by atoms with E-state index < -0.39 is 0 Å². The van der Waals surface area contributed by atoms with Crippen LogP contribution in [-0.4, -0.2) is 41.2 Å². The molecule has 1 aliphatic carbocycles. The molecule has 3 aromatic rings. The van der Waals surface area contributed by atoms with Crippen LogP contribution >= 0.6 is 0 Å². The molecule has 1 saturated carbocycles. The highest BCUT2D eigenvalue weighted by Gasteiger charge is 2.24. The summed E-state index contributed by atoms with van der Waals surface area (Å²) in [6, 6.07) is 7.45. The first-order chi connectivity index (χ1) is 14.2. The summed E-state index contributed by atoms with van der Waals surface area (Å²) in [6.07, 6.45) is 7.02. The molecule has 0 unspecified atom stereocenters. The highest BCUT2D eigenvalue weighted by atomic mass is 16.5. The fourth-order valence-corrected chi connectivity index (χ4v) is 3.11. The molecule has 4 rings (SSSR count). The lowest BCUT2D eigenvalue weighted by Gasteiger charge is -2.12. The number of rotatable bonds is 8. The summed E-state index contributed by atoms with van der Waals surface area (Å²) in [6.45, 7) is 0. The van der Waals surface area contributed by atoms with Crippen LogP contribution in [0.2, 0.25) is 0 Å². The van der Waals surface area contributed by atoms with Gasteiger partial charge in [-0.05, 0) is 43.4 Å². The van der Waals surface area contributed by atoms with Crippen LogP contribution in [0.5, 0.6) is 11.5 Å². The number of nitrogens with zero attached hydrogens (tertiary/aromatic N) is 4. The number of nitrogens with one attached hydrogen (secondary N) is 2. The van der Waals surface area contributed by atoms with E-state index in [9.17, 15) is 0 Å². The monoisotopic (exact) mass is 392 g/mol. The maximum absolute atomic E-state index is 5.36. The van der Waals surface area contributed by atoms with Gasteiger partial charge in [-0.2, -0.15) is 0 Å². The van der Waals surface area contributed by atoms with E-state index in [0.29, 0.717) is 29.3 Å². The van der Waals surface area contributed by atoms with Gasteiger partial charge in [-0.25, -0.2) is 19.9 Å². The maximum atomic E-state index is 5.36. The second-order valence-electron chi connectivity index (χ2n) is 6.91. The van der Waals surface area contributed by atoms with E-state index in [2.05, 4.69) is 30.6 Å². The Balaban J connectivity index is 1.62. The lowest BCUT2D eigenvalue weighted by molar-refractivity contribution is 0.355. The van der Waals surface area contributed by atoms with Gasteiger partial charge in [0.2, 0.25) is 11.9 Å². The Labute approximate surface area is 169 Å². The molecule has 0 spiro atoms. The third-order valence-corrected chi connectivity index (χ3v) is 4.84. The molecule has 8 nitrogen and oxygen atoms in total. The fourth-order valence-electron chi connectivity index (χ4n) is 3.11. The van der Waals surface area contributed by atoms with Crippen molar-refractivity contribution >= 4 is 17.6 Å². The molecule has 0 amide bonds. The Hall–Kier alpha value is -3.42. The summed E-state index contributed by atoms with van der Waals surface area (Å²) in [5.41, 5.74) is 3.55. The minimum absolute atomic E-state index is 0.491. The van der Waals surface area contributed by atoms with Crippen LogP contribution in [-0.2, 0) is 6.42 Å². The standard InChI is InChI=1S/C21H24N6O2/c1-22-20-24-12-15(17(27-20)10-13-4-5-13)16-8-9-23-21(26-16)25-14-6-7-18(28-2)19(11-14)29-3/h6-9,11-13H,4-5,10H2,1-3H3,(H,22,24,27)(H,23,25,26). The Kier molecular flexibility index (Phi) is 5.41. The number of anilines is 3. The molecule has 0 radical (unpaired) electrons. The van der Waals surface area contributed by atoms with Crippen LogP contribution in [0.4, 0.5) is 17.6 Å². The summed E-state index contributed by atoms with van der Waals surface area (Å²) in [5, 5.41) is 6.24. The van der Waals surface area contributed by atoms with E-state index in [1.807, 2.05) is 37.5 Å². The maximum Gasteiger partial charge on any atom is 0.227 e. The van der Waals surface area contributed by atoms with Crippen molar-refractivity contribution in [3.05, 3.63) is 42.4 Å². The van der Waals surface area contributed by atoms with Crippen LogP contribution in [0.3, 0.4) is 0 Å². The first kappa shape index (κ1) is 18.9. The number of hydrogen-bond donors (Lipinski definition) is 2. The predicted molar refractivity (Wildman–Crippen MR) is 112 cm³/mol. The molecule has 1 aliphatic rings. The van der Waals surface area contributed by atoms with Crippen LogP contribution in [0.1, 0.15) is 18.5 Å². The Morgan fingerprint density at radius 3 is 2.55 bits per heavy atom. The van der Waals surface area contributed by atoms with E-state index in [4.69, 9.17) is 9.47 Å².